The Hall–Kier alpha value is -0.870. The average molecular weight is 225 g/mol. The molecule has 1 rings (SSSR count). The van der Waals surface area contributed by atoms with Gasteiger partial charge in [0, 0.05) is 25.9 Å². The fraction of sp³-hybridized carbons (Fsp3) is 0.750. The number of aromatic nitrogens is 2. The Bertz CT molecular complexity index is 320. The summed E-state index contributed by atoms with van der Waals surface area (Å²) in [5.74, 6) is 0. The van der Waals surface area contributed by atoms with E-state index in [4.69, 9.17) is 4.74 Å². The van der Waals surface area contributed by atoms with Crippen LogP contribution in [0.1, 0.15) is 38.8 Å². The van der Waals surface area contributed by atoms with Crippen LogP contribution in [0.15, 0.2) is 12.4 Å². The van der Waals surface area contributed by atoms with Crippen molar-refractivity contribution in [3.05, 3.63) is 18.0 Å². The lowest BCUT2D eigenvalue weighted by Crippen LogP contribution is -2.41. The van der Waals surface area contributed by atoms with Crippen LogP contribution in [0.25, 0.3) is 0 Å². The van der Waals surface area contributed by atoms with Crippen LogP contribution < -0.4 is 5.32 Å². The van der Waals surface area contributed by atoms with E-state index in [2.05, 4.69) is 31.2 Å². The summed E-state index contributed by atoms with van der Waals surface area (Å²) >= 11 is 0. The SMILES string of the molecule is CCCNC(c1cnn(C)c1)C(C)(C)OC. The standard InChI is InChI=1S/C12H23N3O/c1-6-7-13-11(12(2,3)16-5)10-8-14-15(4)9-10/h8-9,11,13H,6-7H2,1-5H3. The number of nitrogens with zero attached hydrogens (tertiary/aromatic N) is 2. The molecular weight excluding hydrogens is 202 g/mol. The van der Waals surface area contributed by atoms with Gasteiger partial charge in [-0.2, -0.15) is 5.10 Å². The van der Waals surface area contributed by atoms with E-state index >= 15 is 0 Å². The fourth-order valence-corrected chi connectivity index (χ4v) is 1.76. The van der Waals surface area contributed by atoms with Crippen molar-refractivity contribution >= 4 is 0 Å². The molecule has 0 saturated carbocycles. The minimum atomic E-state index is -0.238. The summed E-state index contributed by atoms with van der Waals surface area (Å²) in [5, 5.41) is 7.73. The molecule has 0 fully saturated rings. The normalized spacial score (nSPS) is 14.1. The highest BCUT2D eigenvalue weighted by Gasteiger charge is 2.30. The summed E-state index contributed by atoms with van der Waals surface area (Å²) < 4.78 is 7.38. The van der Waals surface area contributed by atoms with Gasteiger partial charge in [0.15, 0.2) is 0 Å². The number of hydrogen-bond donors (Lipinski definition) is 1. The van der Waals surface area contributed by atoms with E-state index < -0.39 is 0 Å². The van der Waals surface area contributed by atoms with E-state index in [0.29, 0.717) is 0 Å². The molecule has 0 saturated heterocycles. The molecule has 16 heavy (non-hydrogen) atoms. The van der Waals surface area contributed by atoms with Gasteiger partial charge in [-0.3, -0.25) is 4.68 Å². The molecule has 0 aliphatic carbocycles. The second-order valence-electron chi connectivity index (χ2n) is 4.64. The quantitative estimate of drug-likeness (QED) is 0.803. The van der Waals surface area contributed by atoms with Gasteiger partial charge in [0.05, 0.1) is 17.8 Å². The third-order valence-electron chi connectivity index (χ3n) is 2.88. The Balaban J connectivity index is 2.87. The molecule has 0 radical (unpaired) electrons. The molecule has 1 unspecified atom stereocenters. The minimum absolute atomic E-state index is 0.172. The first-order valence-electron chi connectivity index (χ1n) is 5.78. The maximum Gasteiger partial charge on any atom is 0.0817 e. The Labute approximate surface area is 98.0 Å². The molecule has 1 aromatic rings. The van der Waals surface area contributed by atoms with Crippen LogP contribution in [0.4, 0.5) is 0 Å². The number of rotatable bonds is 6. The average Bonchev–Trinajstić information content (AvgIpc) is 2.65. The zero-order valence-electron chi connectivity index (χ0n) is 10.9. The Morgan fingerprint density at radius 3 is 2.69 bits per heavy atom. The van der Waals surface area contributed by atoms with Gasteiger partial charge in [-0.1, -0.05) is 6.92 Å². The third kappa shape index (κ3) is 3.06. The number of methoxy groups -OCH3 is 1. The van der Waals surface area contributed by atoms with Crippen LogP contribution in [0, 0.1) is 0 Å². The first-order chi connectivity index (χ1) is 7.51. The van der Waals surface area contributed by atoms with Crippen LogP contribution >= 0.6 is 0 Å². The second kappa shape index (κ2) is 5.46. The molecule has 1 N–H and O–H groups in total. The number of aryl methyl sites for hydroxylation is 1. The maximum atomic E-state index is 5.56. The highest BCUT2D eigenvalue weighted by Crippen LogP contribution is 2.27. The molecule has 92 valence electrons. The van der Waals surface area contributed by atoms with Crippen molar-refractivity contribution in [3.8, 4) is 0 Å². The first kappa shape index (κ1) is 13.2. The van der Waals surface area contributed by atoms with Gasteiger partial charge in [0.2, 0.25) is 0 Å². The smallest absolute Gasteiger partial charge is 0.0817 e. The van der Waals surface area contributed by atoms with Gasteiger partial charge in [-0.15, -0.1) is 0 Å². The molecule has 1 aromatic heterocycles. The van der Waals surface area contributed by atoms with E-state index in [0.717, 1.165) is 13.0 Å². The molecule has 0 spiro atoms. The lowest BCUT2D eigenvalue weighted by atomic mass is 9.93. The highest BCUT2D eigenvalue weighted by atomic mass is 16.5. The van der Waals surface area contributed by atoms with E-state index in [9.17, 15) is 0 Å². The minimum Gasteiger partial charge on any atom is -0.377 e. The van der Waals surface area contributed by atoms with Crippen LogP contribution in [0.3, 0.4) is 0 Å². The summed E-state index contributed by atoms with van der Waals surface area (Å²) in [5.41, 5.74) is 0.931. The second-order valence-corrected chi connectivity index (χ2v) is 4.64. The van der Waals surface area contributed by atoms with E-state index in [-0.39, 0.29) is 11.6 Å². The largest absolute Gasteiger partial charge is 0.377 e. The lowest BCUT2D eigenvalue weighted by molar-refractivity contribution is -0.0110. The fourth-order valence-electron chi connectivity index (χ4n) is 1.76. The van der Waals surface area contributed by atoms with Crippen molar-refractivity contribution < 1.29 is 4.74 Å². The van der Waals surface area contributed by atoms with E-state index in [1.54, 1.807) is 7.11 Å². The predicted molar refractivity (Wildman–Crippen MR) is 65.3 cm³/mol. The zero-order chi connectivity index (χ0) is 12.2. The van der Waals surface area contributed by atoms with Crippen LogP contribution in [-0.2, 0) is 11.8 Å². The van der Waals surface area contributed by atoms with Crippen molar-refractivity contribution in [2.24, 2.45) is 7.05 Å². The molecule has 0 aliphatic rings. The maximum absolute atomic E-state index is 5.56. The summed E-state index contributed by atoms with van der Waals surface area (Å²) in [6, 6.07) is 0.172. The molecule has 0 bridgehead atoms. The zero-order valence-corrected chi connectivity index (χ0v) is 10.9. The topological polar surface area (TPSA) is 39.1 Å². The Morgan fingerprint density at radius 1 is 1.56 bits per heavy atom. The molecule has 4 heteroatoms. The summed E-state index contributed by atoms with van der Waals surface area (Å²) in [6.07, 6.45) is 5.04. The van der Waals surface area contributed by atoms with Crippen LogP contribution in [0.5, 0.6) is 0 Å². The van der Waals surface area contributed by atoms with Gasteiger partial charge in [-0.05, 0) is 26.8 Å². The van der Waals surface area contributed by atoms with Gasteiger partial charge in [0.25, 0.3) is 0 Å². The monoisotopic (exact) mass is 225 g/mol. The Morgan fingerprint density at radius 2 is 2.25 bits per heavy atom. The molecule has 0 aromatic carbocycles. The predicted octanol–water partition coefficient (Wildman–Crippen LogP) is 1.89. The van der Waals surface area contributed by atoms with Gasteiger partial charge < -0.3 is 10.1 Å². The van der Waals surface area contributed by atoms with Crippen molar-refractivity contribution in [1.82, 2.24) is 15.1 Å². The highest BCUT2D eigenvalue weighted by molar-refractivity contribution is 5.14. The summed E-state index contributed by atoms with van der Waals surface area (Å²) in [4.78, 5) is 0. The number of nitrogens with one attached hydrogen (secondary N) is 1. The molecule has 0 aliphatic heterocycles. The number of hydrogen-bond acceptors (Lipinski definition) is 3. The first-order valence-corrected chi connectivity index (χ1v) is 5.78. The molecule has 4 nitrogen and oxygen atoms in total. The van der Waals surface area contributed by atoms with Crippen LogP contribution in [0.2, 0.25) is 0 Å². The Kier molecular flexibility index (Phi) is 4.50. The van der Waals surface area contributed by atoms with Crippen molar-refractivity contribution in [3.63, 3.8) is 0 Å². The lowest BCUT2D eigenvalue weighted by Gasteiger charge is -2.33. The molecule has 1 atom stereocenters. The van der Waals surface area contributed by atoms with Gasteiger partial charge >= 0.3 is 0 Å². The number of ether oxygens (including phenoxy) is 1. The van der Waals surface area contributed by atoms with E-state index in [1.807, 2.05) is 24.1 Å². The van der Waals surface area contributed by atoms with E-state index in [1.165, 1.54) is 5.56 Å². The third-order valence-corrected chi connectivity index (χ3v) is 2.88. The van der Waals surface area contributed by atoms with Crippen molar-refractivity contribution in [1.29, 1.82) is 0 Å². The van der Waals surface area contributed by atoms with Gasteiger partial charge in [0.1, 0.15) is 0 Å². The van der Waals surface area contributed by atoms with Crippen molar-refractivity contribution in [2.75, 3.05) is 13.7 Å². The molecule has 0 amide bonds. The van der Waals surface area contributed by atoms with Crippen molar-refractivity contribution in [2.45, 2.75) is 38.8 Å². The summed E-state index contributed by atoms with van der Waals surface area (Å²) in [7, 11) is 3.68. The summed E-state index contributed by atoms with van der Waals surface area (Å²) in [6.45, 7) is 7.32. The molecule has 1 heterocycles. The van der Waals surface area contributed by atoms with Gasteiger partial charge in [-0.25, -0.2) is 0 Å². The van der Waals surface area contributed by atoms with Crippen LogP contribution in [-0.4, -0.2) is 29.0 Å². The molecular formula is C12H23N3O.